The number of carbonyl (C=O) groups is 1. The predicted molar refractivity (Wildman–Crippen MR) is 106 cm³/mol. The molecule has 1 heterocycles. The Kier molecular flexibility index (Phi) is 6.32. The van der Waals surface area contributed by atoms with Crippen LogP contribution in [0.15, 0.2) is 35.1 Å². The van der Waals surface area contributed by atoms with Crippen molar-refractivity contribution in [2.45, 2.75) is 30.7 Å². The predicted octanol–water partition coefficient (Wildman–Crippen LogP) is 3.36. The number of nitrogens with one attached hydrogen (secondary N) is 2. The number of carbonyl (C=O) groups excluding carboxylic acids is 1. The van der Waals surface area contributed by atoms with E-state index in [1.54, 1.807) is 32.5 Å². The highest BCUT2D eigenvalue weighted by Gasteiger charge is 2.36. The number of hydrogen-bond acceptors (Lipinski definition) is 3. The van der Waals surface area contributed by atoms with E-state index in [1.807, 2.05) is 30.3 Å². The number of alkyl halides is 3. The molecule has 26 heavy (non-hydrogen) atoms. The van der Waals surface area contributed by atoms with Crippen molar-refractivity contribution in [2.75, 3.05) is 5.32 Å². The minimum absolute atomic E-state index is 0.247. The number of aromatic nitrogens is 2. The van der Waals surface area contributed by atoms with Gasteiger partial charge in [0, 0.05) is 13.0 Å². The second-order valence-corrected chi connectivity index (χ2v) is 8.59. The Bertz CT molecular complexity index is 838. The first-order valence-electron chi connectivity index (χ1n) is 8.01. The van der Waals surface area contributed by atoms with Crippen molar-refractivity contribution < 1.29 is 4.79 Å². The van der Waals surface area contributed by atoms with Crippen molar-refractivity contribution in [3.63, 3.8) is 0 Å². The molecule has 142 valence electrons. The lowest BCUT2D eigenvalue weighted by molar-refractivity contribution is -0.124. The molecule has 2 rings (SSSR count). The van der Waals surface area contributed by atoms with Gasteiger partial charge in [0.25, 0.3) is 5.56 Å². The fourth-order valence-electron chi connectivity index (χ4n) is 2.39. The Morgan fingerprint density at radius 1 is 1.15 bits per heavy atom. The molecule has 0 unspecified atom stereocenters. The van der Waals surface area contributed by atoms with Gasteiger partial charge < -0.3 is 10.6 Å². The molecule has 1 atom stereocenters. The smallest absolute Gasteiger partial charge is 0.295 e. The van der Waals surface area contributed by atoms with Crippen LogP contribution in [-0.4, -0.2) is 25.2 Å². The molecule has 0 spiro atoms. The first-order valence-corrected chi connectivity index (χ1v) is 9.15. The van der Waals surface area contributed by atoms with Crippen molar-refractivity contribution in [2.24, 2.45) is 13.0 Å². The summed E-state index contributed by atoms with van der Waals surface area (Å²) in [5.41, 5.74) is 1.27. The van der Waals surface area contributed by atoms with E-state index in [0.717, 1.165) is 0 Å². The third kappa shape index (κ3) is 4.37. The largest absolute Gasteiger partial charge is 0.356 e. The number of para-hydroxylation sites is 1. The summed E-state index contributed by atoms with van der Waals surface area (Å²) in [5, 5.41) is 5.51. The van der Waals surface area contributed by atoms with Crippen LogP contribution in [0.5, 0.6) is 0 Å². The number of nitrogens with zero attached hydrogens (tertiary/aromatic N) is 2. The highest BCUT2D eigenvalue weighted by Crippen LogP contribution is 2.31. The average Bonchev–Trinajstić information content (AvgIpc) is 2.77. The summed E-state index contributed by atoms with van der Waals surface area (Å²) >= 11 is 18.0. The molecule has 0 aliphatic heterocycles. The Labute approximate surface area is 167 Å². The van der Waals surface area contributed by atoms with Gasteiger partial charge >= 0.3 is 0 Å². The first kappa shape index (κ1) is 20.7. The molecule has 0 radical (unpaired) electrons. The van der Waals surface area contributed by atoms with E-state index in [4.69, 9.17) is 34.8 Å². The third-order valence-corrected chi connectivity index (χ3v) is 4.64. The molecule has 0 saturated heterocycles. The van der Waals surface area contributed by atoms with Gasteiger partial charge in [-0.25, -0.2) is 4.68 Å². The zero-order valence-electron chi connectivity index (χ0n) is 14.9. The topological polar surface area (TPSA) is 68.1 Å². The van der Waals surface area contributed by atoms with Crippen LogP contribution in [0.2, 0.25) is 0 Å². The quantitative estimate of drug-likeness (QED) is 0.577. The molecule has 1 aromatic heterocycles. The molecule has 6 nitrogen and oxygen atoms in total. The van der Waals surface area contributed by atoms with Gasteiger partial charge in [-0.3, -0.25) is 14.3 Å². The molecule has 1 amide bonds. The van der Waals surface area contributed by atoms with Crippen molar-refractivity contribution in [3.8, 4) is 5.69 Å². The van der Waals surface area contributed by atoms with Gasteiger partial charge in [0.1, 0.15) is 11.9 Å². The van der Waals surface area contributed by atoms with Crippen LogP contribution in [0, 0.1) is 12.8 Å². The minimum atomic E-state index is -1.85. The monoisotopic (exact) mass is 418 g/mol. The third-order valence-electron chi connectivity index (χ3n) is 3.98. The summed E-state index contributed by atoms with van der Waals surface area (Å²) < 4.78 is 1.34. The Morgan fingerprint density at radius 2 is 1.73 bits per heavy atom. The van der Waals surface area contributed by atoms with Crippen LogP contribution < -0.4 is 16.2 Å². The normalized spacial score (nSPS) is 12.9. The van der Waals surface area contributed by atoms with Gasteiger partial charge in [0.2, 0.25) is 9.70 Å². The zero-order valence-corrected chi connectivity index (χ0v) is 17.2. The molecule has 2 aromatic rings. The lowest BCUT2D eigenvalue weighted by Gasteiger charge is -2.27. The van der Waals surface area contributed by atoms with Gasteiger partial charge in [-0.15, -0.1) is 0 Å². The van der Waals surface area contributed by atoms with Crippen LogP contribution in [0.1, 0.15) is 19.5 Å². The van der Waals surface area contributed by atoms with Gasteiger partial charge in [-0.05, 0) is 19.1 Å². The number of halogens is 3. The maximum atomic E-state index is 12.9. The summed E-state index contributed by atoms with van der Waals surface area (Å²) in [6.07, 6.45) is -1.07. The van der Waals surface area contributed by atoms with Gasteiger partial charge in [-0.2, -0.15) is 0 Å². The number of hydrogen-bond donors (Lipinski definition) is 2. The Morgan fingerprint density at radius 3 is 2.23 bits per heavy atom. The first-order chi connectivity index (χ1) is 12.0. The highest BCUT2D eigenvalue weighted by molar-refractivity contribution is 6.68. The lowest BCUT2D eigenvalue weighted by Crippen LogP contribution is -2.51. The maximum Gasteiger partial charge on any atom is 0.295 e. The SMILES string of the molecule is Cc1c(N[C@@H](NC(=O)C(C)C)C(Cl)(Cl)Cl)c(=O)n(-c2ccccc2)n1C. The van der Waals surface area contributed by atoms with E-state index in [-0.39, 0.29) is 23.1 Å². The molecule has 0 aliphatic rings. The lowest BCUT2D eigenvalue weighted by atomic mass is 10.2. The second kappa shape index (κ2) is 7.94. The van der Waals surface area contributed by atoms with Crippen LogP contribution >= 0.6 is 34.8 Å². The number of benzene rings is 1. The summed E-state index contributed by atoms with van der Waals surface area (Å²) in [6.45, 7) is 5.21. The van der Waals surface area contributed by atoms with Gasteiger partial charge in [0.05, 0.1) is 11.4 Å². The molecule has 0 fully saturated rings. The standard InChI is InChI=1S/C17H21Cl3N4O2/c1-10(2)14(25)22-16(17(18,19)20)21-13-11(3)23(4)24(15(13)26)12-8-6-5-7-9-12/h5-10,16,21H,1-4H3,(H,22,25)/t16-/m0/s1. The molecule has 0 aliphatic carbocycles. The van der Waals surface area contributed by atoms with E-state index < -0.39 is 9.96 Å². The number of rotatable bonds is 5. The summed E-state index contributed by atoms with van der Waals surface area (Å²) in [7, 11) is 1.76. The van der Waals surface area contributed by atoms with E-state index >= 15 is 0 Å². The molecule has 1 aromatic carbocycles. The summed E-state index contributed by atoms with van der Waals surface area (Å²) in [6, 6.07) is 9.17. The summed E-state index contributed by atoms with van der Waals surface area (Å²) in [4.78, 5) is 25.0. The van der Waals surface area contributed by atoms with Gasteiger partial charge in [0.15, 0.2) is 0 Å². The van der Waals surface area contributed by atoms with Crippen LogP contribution in [-0.2, 0) is 11.8 Å². The average molecular weight is 420 g/mol. The van der Waals surface area contributed by atoms with Crippen molar-refractivity contribution in [1.82, 2.24) is 14.7 Å². The van der Waals surface area contributed by atoms with Gasteiger partial charge in [-0.1, -0.05) is 66.8 Å². The Hall–Kier alpha value is -1.63. The number of anilines is 1. The van der Waals surface area contributed by atoms with E-state index in [1.165, 1.54) is 4.68 Å². The molecule has 0 bridgehead atoms. The van der Waals surface area contributed by atoms with Crippen molar-refractivity contribution in [3.05, 3.63) is 46.4 Å². The molecular formula is C17H21Cl3N4O2. The fourth-order valence-corrected chi connectivity index (χ4v) is 2.71. The van der Waals surface area contributed by atoms with Crippen LogP contribution in [0.4, 0.5) is 5.69 Å². The minimum Gasteiger partial charge on any atom is -0.356 e. The number of amides is 1. The zero-order chi connectivity index (χ0) is 19.6. The fraction of sp³-hybridized carbons (Fsp3) is 0.412. The van der Waals surface area contributed by atoms with Crippen molar-refractivity contribution >= 4 is 46.4 Å². The summed E-state index contributed by atoms with van der Waals surface area (Å²) in [5.74, 6) is -0.602. The van der Waals surface area contributed by atoms with Crippen LogP contribution in [0.3, 0.4) is 0 Å². The van der Waals surface area contributed by atoms with Crippen molar-refractivity contribution in [1.29, 1.82) is 0 Å². The Balaban J connectivity index is 2.45. The molecular weight excluding hydrogens is 399 g/mol. The van der Waals surface area contributed by atoms with Crippen LogP contribution in [0.25, 0.3) is 5.69 Å². The highest BCUT2D eigenvalue weighted by atomic mass is 35.6. The molecule has 0 saturated carbocycles. The van der Waals surface area contributed by atoms with E-state index in [2.05, 4.69) is 10.6 Å². The molecule has 9 heteroatoms. The van der Waals surface area contributed by atoms with E-state index in [9.17, 15) is 9.59 Å². The van der Waals surface area contributed by atoms with E-state index in [0.29, 0.717) is 11.4 Å². The second-order valence-electron chi connectivity index (χ2n) is 6.22. The molecule has 2 N–H and O–H groups in total. The maximum absolute atomic E-state index is 12.9.